The molecule has 1 unspecified atom stereocenters. The highest BCUT2D eigenvalue weighted by Crippen LogP contribution is 2.33. The first-order valence-electron chi connectivity index (χ1n) is 8.36. The van der Waals surface area contributed by atoms with Gasteiger partial charge in [-0.2, -0.15) is 0 Å². The van der Waals surface area contributed by atoms with Crippen molar-refractivity contribution in [3.05, 3.63) is 48.0 Å². The second-order valence-corrected chi connectivity index (χ2v) is 9.57. The van der Waals surface area contributed by atoms with Gasteiger partial charge in [-0.1, -0.05) is 38.1 Å². The molecule has 0 radical (unpaired) electrons. The highest BCUT2D eigenvalue weighted by Gasteiger charge is 2.31. The van der Waals surface area contributed by atoms with Gasteiger partial charge >= 0.3 is 0 Å². The van der Waals surface area contributed by atoms with Crippen LogP contribution in [0.5, 0.6) is 0 Å². The Labute approximate surface area is 146 Å². The van der Waals surface area contributed by atoms with Gasteiger partial charge in [-0.3, -0.25) is 0 Å². The Kier molecular flexibility index (Phi) is 4.65. The van der Waals surface area contributed by atoms with Crippen molar-refractivity contribution >= 4 is 33.3 Å². The average molecular weight is 343 g/mol. The molecule has 0 aliphatic carbocycles. The van der Waals surface area contributed by atoms with Gasteiger partial charge in [0, 0.05) is 22.1 Å². The summed E-state index contributed by atoms with van der Waals surface area (Å²) in [5.74, 6) is 0.326. The summed E-state index contributed by atoms with van der Waals surface area (Å²) in [7, 11) is 0. The lowest BCUT2D eigenvalue weighted by Gasteiger charge is -2.30. The Hall–Kier alpha value is -1.49. The minimum Gasteiger partial charge on any atom is -0.598 e. The third-order valence-electron chi connectivity index (χ3n) is 4.22. The van der Waals surface area contributed by atoms with Crippen molar-refractivity contribution < 1.29 is 8.97 Å². The van der Waals surface area contributed by atoms with Crippen LogP contribution in [0.25, 0.3) is 21.9 Å². The van der Waals surface area contributed by atoms with E-state index in [-0.39, 0.29) is 10.8 Å². The molecule has 0 amide bonds. The molecule has 1 N–H and O–H groups in total. The summed E-state index contributed by atoms with van der Waals surface area (Å²) in [6, 6.07) is 14.4. The first-order valence-corrected chi connectivity index (χ1v) is 9.51. The standard InChI is InChI=1S/C20H25NO2S/c1-13(2)19(21-24(22)20(3,4)5)14-10-11-18-16(12-14)15-8-6-7-9-17(15)23-18/h6-13,19,21H,1-5H3/t19-,24?/m1/s1. The van der Waals surface area contributed by atoms with Gasteiger partial charge in [0.2, 0.25) is 0 Å². The normalized spacial score (nSPS) is 15.3. The SMILES string of the molecule is CC(C)[C@@H](N[S+]([O-])C(C)(C)C)c1ccc2oc3ccccc3c2c1. The monoisotopic (exact) mass is 343 g/mol. The van der Waals surface area contributed by atoms with Gasteiger partial charge in [0.15, 0.2) is 0 Å². The predicted octanol–water partition coefficient (Wildman–Crippen LogP) is 5.33. The van der Waals surface area contributed by atoms with Crippen molar-refractivity contribution in [3.8, 4) is 0 Å². The summed E-state index contributed by atoms with van der Waals surface area (Å²) in [5.41, 5.74) is 2.93. The number of benzene rings is 2. The minimum atomic E-state index is -1.11. The van der Waals surface area contributed by atoms with Gasteiger partial charge < -0.3 is 8.97 Å². The van der Waals surface area contributed by atoms with E-state index in [0.29, 0.717) is 5.92 Å². The molecule has 1 heterocycles. The van der Waals surface area contributed by atoms with Crippen molar-refractivity contribution in [2.45, 2.75) is 45.4 Å². The molecule has 0 bridgehead atoms. The van der Waals surface area contributed by atoms with Crippen LogP contribution < -0.4 is 4.72 Å². The quantitative estimate of drug-likeness (QED) is 0.651. The summed E-state index contributed by atoms with van der Waals surface area (Å²) in [5, 5.41) is 2.23. The predicted molar refractivity (Wildman–Crippen MR) is 102 cm³/mol. The molecule has 3 rings (SSSR count). The second kappa shape index (κ2) is 6.43. The number of furan rings is 1. The Bertz CT molecular complexity index is 848. The first kappa shape index (κ1) is 17.3. The van der Waals surface area contributed by atoms with Crippen molar-refractivity contribution in [1.82, 2.24) is 4.72 Å². The molecule has 0 aliphatic rings. The van der Waals surface area contributed by atoms with Crippen LogP contribution in [0.2, 0.25) is 0 Å². The summed E-state index contributed by atoms with van der Waals surface area (Å²) in [6.45, 7) is 10.3. The third kappa shape index (κ3) is 3.32. The van der Waals surface area contributed by atoms with Gasteiger partial charge in [0.1, 0.15) is 15.9 Å². The van der Waals surface area contributed by atoms with Crippen LogP contribution in [0.4, 0.5) is 0 Å². The van der Waals surface area contributed by atoms with Crippen molar-refractivity contribution in [2.75, 3.05) is 0 Å². The molecular formula is C20H25NO2S. The van der Waals surface area contributed by atoms with Gasteiger partial charge in [0.25, 0.3) is 0 Å². The Morgan fingerprint density at radius 1 is 1.00 bits per heavy atom. The van der Waals surface area contributed by atoms with Gasteiger partial charge in [-0.15, -0.1) is 4.72 Å². The molecule has 3 aromatic rings. The lowest BCUT2D eigenvalue weighted by molar-refractivity contribution is 0.452. The largest absolute Gasteiger partial charge is 0.598 e. The van der Waals surface area contributed by atoms with Crippen molar-refractivity contribution in [3.63, 3.8) is 0 Å². The van der Waals surface area contributed by atoms with E-state index < -0.39 is 11.4 Å². The van der Waals surface area contributed by atoms with E-state index in [1.165, 1.54) is 0 Å². The van der Waals surface area contributed by atoms with Crippen molar-refractivity contribution in [2.24, 2.45) is 5.92 Å². The summed E-state index contributed by atoms with van der Waals surface area (Å²) in [6.07, 6.45) is 0. The molecule has 128 valence electrons. The lowest BCUT2D eigenvalue weighted by atomic mass is 9.96. The zero-order chi connectivity index (χ0) is 17.5. The van der Waals surface area contributed by atoms with E-state index >= 15 is 0 Å². The average Bonchev–Trinajstić information content (AvgIpc) is 2.88. The van der Waals surface area contributed by atoms with E-state index in [1.54, 1.807) is 0 Å². The summed E-state index contributed by atoms with van der Waals surface area (Å²) >= 11 is -1.11. The molecule has 2 atom stereocenters. The van der Waals surface area contributed by atoms with E-state index in [2.05, 4.69) is 36.8 Å². The molecule has 24 heavy (non-hydrogen) atoms. The van der Waals surface area contributed by atoms with Crippen LogP contribution in [0.15, 0.2) is 46.9 Å². The molecule has 0 fully saturated rings. The lowest BCUT2D eigenvalue weighted by Crippen LogP contribution is -2.42. The molecule has 0 aliphatic heterocycles. The maximum atomic E-state index is 12.6. The molecule has 4 heteroatoms. The maximum absolute atomic E-state index is 12.6. The maximum Gasteiger partial charge on any atom is 0.136 e. The number of hydrogen-bond acceptors (Lipinski definition) is 3. The van der Waals surface area contributed by atoms with Crippen LogP contribution >= 0.6 is 0 Å². The summed E-state index contributed by atoms with van der Waals surface area (Å²) in [4.78, 5) is 0. The third-order valence-corrected chi connectivity index (χ3v) is 5.80. The molecule has 0 saturated carbocycles. The Morgan fingerprint density at radius 2 is 1.67 bits per heavy atom. The van der Waals surface area contributed by atoms with Crippen LogP contribution in [-0.4, -0.2) is 9.30 Å². The van der Waals surface area contributed by atoms with Crippen molar-refractivity contribution in [1.29, 1.82) is 0 Å². The number of fused-ring (bicyclic) bond motifs is 3. The van der Waals surface area contributed by atoms with E-state index in [4.69, 9.17) is 4.42 Å². The minimum absolute atomic E-state index is 0.0307. The van der Waals surface area contributed by atoms with E-state index in [9.17, 15) is 4.55 Å². The van der Waals surface area contributed by atoms with Crippen LogP contribution in [0.3, 0.4) is 0 Å². The number of nitrogens with one attached hydrogen (secondary N) is 1. The molecule has 0 spiro atoms. The van der Waals surface area contributed by atoms with Crippen LogP contribution in [0.1, 0.15) is 46.2 Å². The Balaban J connectivity index is 2.03. The highest BCUT2D eigenvalue weighted by molar-refractivity contribution is 7.90. The summed E-state index contributed by atoms with van der Waals surface area (Å²) < 4.78 is 21.5. The fourth-order valence-corrected chi connectivity index (χ4v) is 3.81. The molecular weight excluding hydrogens is 318 g/mol. The zero-order valence-electron chi connectivity index (χ0n) is 14.9. The van der Waals surface area contributed by atoms with Crippen LogP contribution in [-0.2, 0) is 11.4 Å². The second-order valence-electron chi connectivity index (χ2n) is 7.57. The fraction of sp³-hybridized carbons (Fsp3) is 0.400. The van der Waals surface area contributed by atoms with E-state index in [0.717, 1.165) is 27.5 Å². The molecule has 3 nitrogen and oxygen atoms in total. The molecule has 2 aromatic carbocycles. The van der Waals surface area contributed by atoms with E-state index in [1.807, 2.05) is 45.0 Å². The number of para-hydroxylation sites is 1. The molecule has 0 saturated heterocycles. The zero-order valence-corrected chi connectivity index (χ0v) is 15.7. The topological polar surface area (TPSA) is 48.2 Å². The van der Waals surface area contributed by atoms with Gasteiger partial charge in [0.05, 0.1) is 6.04 Å². The highest BCUT2D eigenvalue weighted by atomic mass is 32.2. The van der Waals surface area contributed by atoms with Crippen LogP contribution in [0, 0.1) is 5.92 Å². The molecule has 1 aromatic heterocycles. The first-order chi connectivity index (χ1) is 11.3. The number of hydrogen-bond donors (Lipinski definition) is 1. The number of rotatable bonds is 4. The van der Waals surface area contributed by atoms with Gasteiger partial charge in [-0.05, 0) is 50.5 Å². The smallest absolute Gasteiger partial charge is 0.136 e. The Morgan fingerprint density at radius 3 is 2.33 bits per heavy atom. The van der Waals surface area contributed by atoms with Gasteiger partial charge in [-0.25, -0.2) is 0 Å². The fourth-order valence-electron chi connectivity index (χ4n) is 2.82.